The zero-order valence-corrected chi connectivity index (χ0v) is 16.8. The SMILES string of the molecule is CC(C)(C)c1cc([I-]c2ccc(NC(=O)c3ncccc3O)cc2)no1. The van der Waals surface area contributed by atoms with Crippen LogP contribution in [0.2, 0.25) is 0 Å². The number of hydrogen-bond acceptors (Lipinski definition) is 5. The van der Waals surface area contributed by atoms with Gasteiger partial charge in [0.25, 0.3) is 0 Å². The van der Waals surface area contributed by atoms with E-state index in [-0.39, 0.29) is 16.9 Å². The van der Waals surface area contributed by atoms with E-state index in [1.807, 2.05) is 30.3 Å². The summed E-state index contributed by atoms with van der Waals surface area (Å²) in [5.74, 6) is 0.288. The molecule has 0 aliphatic rings. The third kappa shape index (κ3) is 4.40. The molecule has 1 amide bonds. The Bertz CT molecular complexity index is 914. The number of hydrogen-bond donors (Lipinski definition) is 2. The van der Waals surface area contributed by atoms with E-state index in [0.29, 0.717) is 5.69 Å². The minimum atomic E-state index is -0.452. The summed E-state index contributed by atoms with van der Waals surface area (Å²) in [7, 11) is 0. The van der Waals surface area contributed by atoms with Gasteiger partial charge in [0, 0.05) is 0 Å². The summed E-state index contributed by atoms with van der Waals surface area (Å²) in [6, 6.07) is 12.6. The first-order valence-corrected chi connectivity index (χ1v) is 10.2. The Kier molecular flexibility index (Phi) is 5.26. The van der Waals surface area contributed by atoms with Gasteiger partial charge >= 0.3 is 162 Å². The molecule has 1 aromatic carbocycles. The van der Waals surface area contributed by atoms with E-state index in [1.165, 1.54) is 12.3 Å². The molecule has 0 bridgehead atoms. The second-order valence-corrected chi connectivity index (χ2v) is 9.58. The number of pyridine rings is 1. The van der Waals surface area contributed by atoms with Gasteiger partial charge in [-0.15, -0.1) is 0 Å². The molecule has 0 atom stereocenters. The normalized spacial score (nSPS) is 11.5. The molecular formula is C19H19IN3O3-. The molecule has 0 unspecified atom stereocenters. The van der Waals surface area contributed by atoms with E-state index in [9.17, 15) is 9.90 Å². The van der Waals surface area contributed by atoms with Crippen LogP contribution >= 0.6 is 0 Å². The number of anilines is 1. The molecule has 7 heteroatoms. The molecule has 3 aromatic rings. The van der Waals surface area contributed by atoms with Crippen molar-refractivity contribution in [1.82, 2.24) is 10.1 Å². The number of amides is 1. The van der Waals surface area contributed by atoms with Gasteiger partial charge in [-0.1, -0.05) is 0 Å². The number of carbonyl (C=O) groups is 1. The standard InChI is InChI=1S/C19H19IN3O3/c1-19(2,3)15-11-16(23-26-15)20-12-6-8-13(9-7-12)22-18(25)17-14(24)5-4-10-21-17/h4-11,24H,1-3H3,(H,22,25)/q-1. The van der Waals surface area contributed by atoms with E-state index < -0.39 is 27.1 Å². The molecule has 2 N–H and O–H groups in total. The van der Waals surface area contributed by atoms with Crippen molar-refractivity contribution in [3.8, 4) is 5.75 Å². The van der Waals surface area contributed by atoms with Gasteiger partial charge in [-0.05, 0) is 0 Å². The molecule has 0 aliphatic heterocycles. The van der Waals surface area contributed by atoms with Gasteiger partial charge in [0.2, 0.25) is 0 Å². The Morgan fingerprint density at radius 1 is 1.19 bits per heavy atom. The Balaban J connectivity index is 1.66. The third-order valence-electron chi connectivity index (χ3n) is 3.53. The predicted molar refractivity (Wildman–Crippen MR) is 92.9 cm³/mol. The number of halogens is 1. The molecule has 6 nitrogen and oxygen atoms in total. The molecule has 2 heterocycles. The summed E-state index contributed by atoms with van der Waals surface area (Å²) in [4.78, 5) is 16.1. The van der Waals surface area contributed by atoms with Crippen LogP contribution in [0.4, 0.5) is 5.69 Å². The van der Waals surface area contributed by atoms with Crippen LogP contribution in [0.25, 0.3) is 0 Å². The Morgan fingerprint density at radius 2 is 1.92 bits per heavy atom. The number of nitrogens with one attached hydrogen (secondary N) is 1. The molecule has 0 saturated heterocycles. The van der Waals surface area contributed by atoms with Gasteiger partial charge in [-0.2, -0.15) is 0 Å². The zero-order valence-electron chi connectivity index (χ0n) is 14.7. The van der Waals surface area contributed by atoms with E-state index >= 15 is 0 Å². The topological polar surface area (TPSA) is 88.2 Å². The zero-order chi connectivity index (χ0) is 18.7. The van der Waals surface area contributed by atoms with Crippen molar-refractivity contribution in [3.05, 3.63) is 67.4 Å². The van der Waals surface area contributed by atoms with Crippen LogP contribution < -0.4 is 26.5 Å². The number of aromatic nitrogens is 2. The average molecular weight is 464 g/mol. The molecule has 0 spiro atoms. The van der Waals surface area contributed by atoms with Crippen LogP contribution in [0.3, 0.4) is 0 Å². The maximum absolute atomic E-state index is 12.2. The van der Waals surface area contributed by atoms with Crippen LogP contribution in [0.15, 0.2) is 53.2 Å². The fourth-order valence-electron chi connectivity index (χ4n) is 2.12. The van der Waals surface area contributed by atoms with Crippen LogP contribution in [-0.2, 0) is 5.41 Å². The van der Waals surface area contributed by atoms with Crippen LogP contribution in [0.1, 0.15) is 37.0 Å². The summed E-state index contributed by atoms with van der Waals surface area (Å²) in [6.07, 6.45) is 1.46. The van der Waals surface area contributed by atoms with Crippen molar-refractivity contribution in [2.24, 2.45) is 0 Å². The fraction of sp³-hybridized carbons (Fsp3) is 0.211. The summed E-state index contributed by atoms with van der Waals surface area (Å²) in [5.41, 5.74) is 0.588. The van der Waals surface area contributed by atoms with Gasteiger partial charge in [-0.3, -0.25) is 0 Å². The third-order valence-corrected chi connectivity index (χ3v) is 5.93. The van der Waals surface area contributed by atoms with E-state index in [4.69, 9.17) is 4.52 Å². The first-order chi connectivity index (χ1) is 12.3. The first kappa shape index (κ1) is 18.4. The first-order valence-electron chi connectivity index (χ1n) is 8.00. The molecule has 0 radical (unpaired) electrons. The molecule has 0 aliphatic carbocycles. The average Bonchev–Trinajstić information content (AvgIpc) is 3.06. The molecule has 2 aromatic heterocycles. The summed E-state index contributed by atoms with van der Waals surface area (Å²) in [6.45, 7) is 6.27. The predicted octanol–water partition coefficient (Wildman–Crippen LogP) is 0.453. The van der Waals surface area contributed by atoms with Crippen molar-refractivity contribution in [1.29, 1.82) is 0 Å². The summed E-state index contributed by atoms with van der Waals surface area (Å²) < 4.78 is 7.57. The second kappa shape index (κ2) is 7.45. The van der Waals surface area contributed by atoms with Gasteiger partial charge in [0.1, 0.15) is 0 Å². The Labute approximate surface area is 161 Å². The van der Waals surface area contributed by atoms with Crippen molar-refractivity contribution < 1.29 is 35.6 Å². The van der Waals surface area contributed by atoms with E-state index in [1.54, 1.807) is 6.07 Å². The number of nitrogens with zero attached hydrogens (tertiary/aromatic N) is 2. The van der Waals surface area contributed by atoms with Crippen LogP contribution in [-0.4, -0.2) is 21.2 Å². The second-order valence-electron chi connectivity index (χ2n) is 6.69. The monoisotopic (exact) mass is 464 g/mol. The van der Waals surface area contributed by atoms with Crippen molar-refractivity contribution in [3.63, 3.8) is 0 Å². The van der Waals surface area contributed by atoms with Gasteiger partial charge in [-0.25, -0.2) is 0 Å². The molecule has 136 valence electrons. The van der Waals surface area contributed by atoms with Gasteiger partial charge in [0.05, 0.1) is 0 Å². The number of carbonyl (C=O) groups excluding carboxylic acids is 1. The van der Waals surface area contributed by atoms with Gasteiger partial charge in [0.15, 0.2) is 0 Å². The minimum absolute atomic E-state index is 0.00121. The number of aromatic hydroxyl groups is 1. The number of rotatable bonds is 4. The van der Waals surface area contributed by atoms with Crippen LogP contribution in [0, 0.1) is 7.27 Å². The van der Waals surface area contributed by atoms with E-state index in [0.717, 1.165) is 13.0 Å². The van der Waals surface area contributed by atoms with Crippen molar-refractivity contribution in [2.75, 3.05) is 5.32 Å². The Morgan fingerprint density at radius 3 is 2.54 bits per heavy atom. The Hall–Kier alpha value is -2.42. The van der Waals surface area contributed by atoms with Crippen molar-refractivity contribution in [2.45, 2.75) is 26.2 Å². The molecule has 0 saturated carbocycles. The van der Waals surface area contributed by atoms with Crippen LogP contribution in [0.5, 0.6) is 5.75 Å². The van der Waals surface area contributed by atoms with Gasteiger partial charge < -0.3 is 0 Å². The van der Waals surface area contributed by atoms with Crippen molar-refractivity contribution >= 4 is 11.6 Å². The maximum atomic E-state index is 12.2. The molecule has 26 heavy (non-hydrogen) atoms. The number of benzene rings is 1. The summed E-state index contributed by atoms with van der Waals surface area (Å²) >= 11 is -0.452. The van der Waals surface area contributed by atoms with E-state index in [2.05, 4.69) is 36.2 Å². The molecule has 0 fully saturated rings. The summed E-state index contributed by atoms with van der Waals surface area (Å²) in [5, 5.41) is 16.6. The molecular weight excluding hydrogens is 445 g/mol. The fourth-order valence-corrected chi connectivity index (χ4v) is 4.11. The quantitative estimate of drug-likeness (QED) is 0.548. The molecule has 3 rings (SSSR count).